The molecule has 1 unspecified atom stereocenters. The molecule has 0 fully saturated rings. The van der Waals surface area contributed by atoms with Gasteiger partial charge in [0.1, 0.15) is 12.7 Å². The van der Waals surface area contributed by atoms with Crippen molar-refractivity contribution in [1.29, 1.82) is 0 Å². The Bertz CT molecular complexity index is 195. The van der Waals surface area contributed by atoms with E-state index in [2.05, 4.69) is 6.92 Å². The highest BCUT2D eigenvalue weighted by Crippen LogP contribution is 1.87. The van der Waals surface area contributed by atoms with Gasteiger partial charge in [-0.1, -0.05) is 31.2 Å². The summed E-state index contributed by atoms with van der Waals surface area (Å²) in [5.74, 6) is 0. The molecule has 3 heteroatoms. The van der Waals surface area contributed by atoms with Crippen molar-refractivity contribution in [3.8, 4) is 0 Å². The van der Waals surface area contributed by atoms with E-state index < -0.39 is 6.10 Å². The highest BCUT2D eigenvalue weighted by molar-refractivity contribution is 5.09. The molecule has 2 N–H and O–H groups in total. The number of hydrogen-bond acceptors (Lipinski definition) is 3. The summed E-state index contributed by atoms with van der Waals surface area (Å²) in [7, 11) is 0. The first-order valence-electron chi connectivity index (χ1n) is 4.70. The van der Waals surface area contributed by atoms with Gasteiger partial charge in [-0.05, 0) is 12.5 Å². The largest absolute Gasteiger partial charge is 0.498 e. The number of aliphatic hydroxyl groups is 2. The zero-order valence-corrected chi connectivity index (χ0v) is 8.47. The zero-order valence-electron chi connectivity index (χ0n) is 8.47. The smallest absolute Gasteiger partial charge is 0.115 e. The van der Waals surface area contributed by atoms with Crippen molar-refractivity contribution in [3.05, 3.63) is 36.6 Å². The monoisotopic (exact) mass is 198 g/mol. The number of allylic oxidation sites excluding steroid dienone is 5. The van der Waals surface area contributed by atoms with Crippen molar-refractivity contribution in [2.45, 2.75) is 19.4 Å². The Hall–Kier alpha value is -1.06. The van der Waals surface area contributed by atoms with E-state index in [1.54, 1.807) is 6.08 Å². The van der Waals surface area contributed by atoms with Crippen LogP contribution in [0.1, 0.15) is 13.3 Å². The third-order valence-electron chi connectivity index (χ3n) is 1.38. The number of rotatable bonds is 7. The molecular formula is C11H18O3. The van der Waals surface area contributed by atoms with E-state index in [-0.39, 0.29) is 13.2 Å². The Morgan fingerprint density at radius 1 is 1.21 bits per heavy atom. The maximum atomic E-state index is 8.89. The molecule has 3 nitrogen and oxygen atoms in total. The number of ether oxygens (including phenoxy) is 1. The van der Waals surface area contributed by atoms with Gasteiger partial charge in [-0.25, -0.2) is 0 Å². The number of hydrogen-bond donors (Lipinski definition) is 2. The number of aliphatic hydroxyl groups excluding tert-OH is 2. The van der Waals surface area contributed by atoms with Crippen LogP contribution in [0.15, 0.2) is 36.6 Å². The topological polar surface area (TPSA) is 49.7 Å². The summed E-state index contributed by atoms with van der Waals surface area (Å²) in [4.78, 5) is 0. The minimum atomic E-state index is -0.802. The molecule has 0 rings (SSSR count). The van der Waals surface area contributed by atoms with Crippen LogP contribution < -0.4 is 0 Å². The van der Waals surface area contributed by atoms with Crippen molar-refractivity contribution in [1.82, 2.24) is 0 Å². The Morgan fingerprint density at radius 3 is 2.57 bits per heavy atom. The van der Waals surface area contributed by atoms with E-state index in [4.69, 9.17) is 14.9 Å². The van der Waals surface area contributed by atoms with Gasteiger partial charge in [0, 0.05) is 0 Å². The normalized spacial score (nSPS) is 14.5. The SMILES string of the molecule is CC/C=C/C=C/C=C/OCC(O)CO. The van der Waals surface area contributed by atoms with Crippen LogP contribution in [0, 0.1) is 0 Å². The van der Waals surface area contributed by atoms with E-state index >= 15 is 0 Å². The molecule has 0 spiro atoms. The van der Waals surface area contributed by atoms with Gasteiger partial charge in [0.05, 0.1) is 12.9 Å². The lowest BCUT2D eigenvalue weighted by atomic mass is 10.4. The minimum Gasteiger partial charge on any atom is -0.498 e. The summed E-state index contributed by atoms with van der Waals surface area (Å²) in [5, 5.41) is 17.3. The van der Waals surface area contributed by atoms with Crippen LogP contribution in [0.25, 0.3) is 0 Å². The molecule has 0 saturated heterocycles. The summed E-state index contributed by atoms with van der Waals surface area (Å²) in [6, 6.07) is 0. The molecule has 0 amide bonds. The summed E-state index contributed by atoms with van der Waals surface area (Å²) in [6.07, 6.45) is 11.1. The molecule has 0 radical (unpaired) electrons. The van der Waals surface area contributed by atoms with Crippen molar-refractivity contribution < 1.29 is 14.9 Å². The van der Waals surface area contributed by atoms with Crippen molar-refractivity contribution in [2.24, 2.45) is 0 Å². The summed E-state index contributed by atoms with van der Waals surface area (Å²) >= 11 is 0. The van der Waals surface area contributed by atoms with Crippen LogP contribution in [0.4, 0.5) is 0 Å². The van der Waals surface area contributed by atoms with E-state index in [0.717, 1.165) is 6.42 Å². The average molecular weight is 198 g/mol. The molecule has 0 bridgehead atoms. The fraction of sp³-hybridized carbons (Fsp3) is 0.455. The molecule has 80 valence electrons. The van der Waals surface area contributed by atoms with E-state index in [1.165, 1.54) is 6.26 Å². The van der Waals surface area contributed by atoms with E-state index in [1.807, 2.05) is 24.3 Å². The molecule has 0 aromatic heterocycles. The van der Waals surface area contributed by atoms with Gasteiger partial charge in [-0.2, -0.15) is 0 Å². The van der Waals surface area contributed by atoms with Crippen LogP contribution in [0.2, 0.25) is 0 Å². The predicted octanol–water partition coefficient (Wildman–Crippen LogP) is 1.39. The van der Waals surface area contributed by atoms with Crippen molar-refractivity contribution in [3.63, 3.8) is 0 Å². The first-order valence-corrected chi connectivity index (χ1v) is 4.70. The Kier molecular flexibility index (Phi) is 9.26. The van der Waals surface area contributed by atoms with Gasteiger partial charge in [0.15, 0.2) is 0 Å². The van der Waals surface area contributed by atoms with Gasteiger partial charge in [0.2, 0.25) is 0 Å². The molecule has 0 aliphatic carbocycles. The quantitative estimate of drug-likeness (QED) is 0.480. The van der Waals surface area contributed by atoms with Crippen LogP contribution >= 0.6 is 0 Å². The third-order valence-corrected chi connectivity index (χ3v) is 1.38. The first kappa shape index (κ1) is 12.9. The summed E-state index contributed by atoms with van der Waals surface area (Å²) in [5.41, 5.74) is 0. The zero-order chi connectivity index (χ0) is 10.6. The fourth-order valence-corrected chi connectivity index (χ4v) is 0.663. The van der Waals surface area contributed by atoms with Gasteiger partial charge in [0.25, 0.3) is 0 Å². The predicted molar refractivity (Wildman–Crippen MR) is 56.8 cm³/mol. The van der Waals surface area contributed by atoms with Gasteiger partial charge in [-0.3, -0.25) is 0 Å². The maximum Gasteiger partial charge on any atom is 0.115 e. The molecule has 0 heterocycles. The second kappa shape index (κ2) is 10.0. The molecule has 1 atom stereocenters. The highest BCUT2D eigenvalue weighted by atomic mass is 16.5. The van der Waals surface area contributed by atoms with Crippen LogP contribution in [0.5, 0.6) is 0 Å². The highest BCUT2D eigenvalue weighted by Gasteiger charge is 1.98. The molecule has 0 aromatic rings. The van der Waals surface area contributed by atoms with Gasteiger partial charge < -0.3 is 14.9 Å². The minimum absolute atomic E-state index is 0.117. The van der Waals surface area contributed by atoms with Crippen molar-refractivity contribution in [2.75, 3.05) is 13.2 Å². The Morgan fingerprint density at radius 2 is 1.93 bits per heavy atom. The van der Waals surface area contributed by atoms with Crippen LogP contribution in [-0.2, 0) is 4.74 Å². The lowest BCUT2D eigenvalue weighted by Crippen LogP contribution is -2.17. The molecule has 0 aliphatic rings. The lowest BCUT2D eigenvalue weighted by molar-refractivity contribution is 0.0384. The van der Waals surface area contributed by atoms with Gasteiger partial charge in [-0.15, -0.1) is 0 Å². The molecule has 0 aromatic carbocycles. The van der Waals surface area contributed by atoms with Crippen LogP contribution in [-0.4, -0.2) is 29.5 Å². The first-order chi connectivity index (χ1) is 6.81. The Balaban J connectivity index is 3.44. The second-order valence-electron chi connectivity index (χ2n) is 2.72. The van der Waals surface area contributed by atoms with Crippen LogP contribution in [0.3, 0.4) is 0 Å². The van der Waals surface area contributed by atoms with E-state index in [0.29, 0.717) is 0 Å². The molecule has 0 saturated carbocycles. The van der Waals surface area contributed by atoms with Gasteiger partial charge >= 0.3 is 0 Å². The average Bonchev–Trinajstić information content (AvgIpc) is 2.21. The molecule has 0 aliphatic heterocycles. The summed E-state index contributed by atoms with van der Waals surface area (Å²) < 4.78 is 4.93. The molecule has 14 heavy (non-hydrogen) atoms. The summed E-state index contributed by atoms with van der Waals surface area (Å²) in [6.45, 7) is 1.91. The maximum absolute atomic E-state index is 8.89. The lowest BCUT2D eigenvalue weighted by Gasteiger charge is -2.04. The van der Waals surface area contributed by atoms with E-state index in [9.17, 15) is 0 Å². The standard InChI is InChI=1S/C11H18O3/c1-2-3-4-5-6-7-8-14-10-11(13)9-12/h3-8,11-13H,2,9-10H2,1H3/b4-3+,6-5+,8-7+. The second-order valence-corrected chi connectivity index (χ2v) is 2.72. The Labute approximate surface area is 85.0 Å². The fourth-order valence-electron chi connectivity index (χ4n) is 0.663. The third kappa shape index (κ3) is 9.03. The van der Waals surface area contributed by atoms with Crippen molar-refractivity contribution >= 4 is 0 Å². The molecular weight excluding hydrogens is 180 g/mol.